The largest absolute Gasteiger partial charge is 0.461 e. The normalized spacial score (nSPS) is 38.0. The van der Waals surface area contributed by atoms with Gasteiger partial charge in [-0.1, -0.05) is 57.0 Å². The van der Waals surface area contributed by atoms with Crippen LogP contribution in [0.5, 0.6) is 0 Å². The van der Waals surface area contributed by atoms with Gasteiger partial charge in [0, 0.05) is 0 Å². The molecule has 4 aliphatic rings. The van der Waals surface area contributed by atoms with Crippen molar-refractivity contribution in [2.45, 2.75) is 129 Å². The van der Waals surface area contributed by atoms with Crippen molar-refractivity contribution >= 4 is 5.97 Å². The van der Waals surface area contributed by atoms with E-state index in [0.29, 0.717) is 23.4 Å². The van der Waals surface area contributed by atoms with Gasteiger partial charge < -0.3 is 14.6 Å². The summed E-state index contributed by atoms with van der Waals surface area (Å²) in [6.07, 6.45) is 16.3. The zero-order chi connectivity index (χ0) is 27.7. The molecule has 0 heterocycles. The van der Waals surface area contributed by atoms with E-state index >= 15 is 0 Å². The average molecular weight is 539 g/mol. The van der Waals surface area contributed by atoms with Gasteiger partial charge in [-0.05, 0) is 130 Å². The molecular formula is C35H54O4. The van der Waals surface area contributed by atoms with Crippen molar-refractivity contribution in [3.05, 3.63) is 35.9 Å². The minimum Gasteiger partial charge on any atom is -0.461 e. The van der Waals surface area contributed by atoms with Crippen LogP contribution in [0.4, 0.5) is 0 Å². The number of rotatable bonds is 10. The van der Waals surface area contributed by atoms with E-state index in [2.05, 4.69) is 13.8 Å². The summed E-state index contributed by atoms with van der Waals surface area (Å²) in [7, 11) is 0. The van der Waals surface area contributed by atoms with Crippen molar-refractivity contribution in [1.29, 1.82) is 0 Å². The van der Waals surface area contributed by atoms with Crippen LogP contribution in [0.15, 0.2) is 30.3 Å². The Bertz CT molecular complexity index is 953. The van der Waals surface area contributed by atoms with Crippen molar-refractivity contribution in [3.8, 4) is 0 Å². The highest BCUT2D eigenvalue weighted by Crippen LogP contribution is 2.68. The SMILES string of the molecule is CC(C)(O)CCCC[C@H]1CC[C@H]2[C@@H]3CC[C@H]4C[C@@H](OC(=O)COCc5ccccc5)CC[C@]4(C)[C@H]3CC[C@]12C. The third kappa shape index (κ3) is 6.43. The molecule has 0 aromatic heterocycles. The molecule has 4 heteroatoms. The van der Waals surface area contributed by atoms with Crippen LogP contribution < -0.4 is 0 Å². The summed E-state index contributed by atoms with van der Waals surface area (Å²) < 4.78 is 11.6. The summed E-state index contributed by atoms with van der Waals surface area (Å²) in [5.41, 5.74) is 1.48. The maximum Gasteiger partial charge on any atom is 0.332 e. The van der Waals surface area contributed by atoms with E-state index in [1.54, 1.807) is 0 Å². The van der Waals surface area contributed by atoms with Crippen LogP contribution in [0.1, 0.15) is 117 Å². The first-order chi connectivity index (χ1) is 18.6. The molecule has 1 N–H and O–H groups in total. The predicted molar refractivity (Wildman–Crippen MR) is 156 cm³/mol. The number of unbranched alkanes of at least 4 members (excludes halogenated alkanes) is 1. The third-order valence-corrected chi connectivity index (χ3v) is 12.0. The molecule has 39 heavy (non-hydrogen) atoms. The van der Waals surface area contributed by atoms with Crippen LogP contribution in [-0.4, -0.2) is 29.4 Å². The maximum absolute atomic E-state index is 12.5. The van der Waals surface area contributed by atoms with Crippen LogP contribution in [0.2, 0.25) is 0 Å². The maximum atomic E-state index is 12.5. The molecule has 0 amide bonds. The lowest BCUT2D eigenvalue weighted by molar-refractivity contribution is -0.167. The highest BCUT2D eigenvalue weighted by atomic mass is 16.6. The van der Waals surface area contributed by atoms with Gasteiger partial charge in [-0.15, -0.1) is 0 Å². The monoisotopic (exact) mass is 538 g/mol. The Hall–Kier alpha value is -1.39. The Morgan fingerprint density at radius 2 is 1.69 bits per heavy atom. The van der Waals surface area contributed by atoms with Crippen LogP contribution in [-0.2, 0) is 20.9 Å². The summed E-state index contributed by atoms with van der Waals surface area (Å²) in [5.74, 6) is 3.96. The van der Waals surface area contributed by atoms with E-state index in [0.717, 1.165) is 54.9 Å². The first-order valence-corrected chi connectivity index (χ1v) is 16.1. The zero-order valence-corrected chi connectivity index (χ0v) is 25.1. The Kier molecular flexibility index (Phi) is 8.84. The minimum absolute atomic E-state index is 0.0389. The molecule has 4 fully saturated rings. The molecular weight excluding hydrogens is 484 g/mol. The van der Waals surface area contributed by atoms with Gasteiger partial charge in [0.15, 0.2) is 0 Å². The summed E-state index contributed by atoms with van der Waals surface area (Å²) in [5, 5.41) is 10.1. The second-order valence-corrected chi connectivity index (χ2v) is 14.9. The van der Waals surface area contributed by atoms with Gasteiger partial charge in [0.2, 0.25) is 0 Å². The molecule has 4 saturated carbocycles. The molecule has 0 unspecified atom stereocenters. The Morgan fingerprint density at radius 3 is 2.46 bits per heavy atom. The molecule has 4 nitrogen and oxygen atoms in total. The van der Waals surface area contributed by atoms with Crippen molar-refractivity contribution in [1.82, 2.24) is 0 Å². The Balaban J connectivity index is 1.11. The van der Waals surface area contributed by atoms with E-state index in [9.17, 15) is 9.90 Å². The van der Waals surface area contributed by atoms with E-state index in [1.165, 1.54) is 57.8 Å². The Morgan fingerprint density at radius 1 is 0.949 bits per heavy atom. The number of esters is 1. The van der Waals surface area contributed by atoms with Crippen molar-refractivity contribution in [2.75, 3.05) is 6.61 Å². The minimum atomic E-state index is -0.526. The lowest BCUT2D eigenvalue weighted by Gasteiger charge is -2.61. The molecule has 0 bridgehead atoms. The van der Waals surface area contributed by atoms with E-state index in [-0.39, 0.29) is 18.7 Å². The quantitative estimate of drug-likeness (QED) is 0.241. The first kappa shape index (κ1) is 29.1. The molecule has 1 aromatic carbocycles. The summed E-state index contributed by atoms with van der Waals surface area (Å²) in [6.45, 7) is 9.62. The van der Waals surface area contributed by atoms with E-state index in [4.69, 9.17) is 9.47 Å². The number of carbonyl (C=O) groups is 1. The van der Waals surface area contributed by atoms with Gasteiger partial charge >= 0.3 is 5.97 Å². The lowest BCUT2D eigenvalue weighted by atomic mass is 9.44. The number of aliphatic hydroxyl groups is 1. The molecule has 0 radical (unpaired) electrons. The van der Waals surface area contributed by atoms with Crippen molar-refractivity contribution in [3.63, 3.8) is 0 Å². The summed E-state index contributed by atoms with van der Waals surface area (Å²) in [4.78, 5) is 12.5. The number of fused-ring (bicyclic) bond motifs is 5. The van der Waals surface area contributed by atoms with Crippen LogP contribution in [0.3, 0.4) is 0 Å². The van der Waals surface area contributed by atoms with Crippen LogP contribution in [0, 0.1) is 40.4 Å². The number of ether oxygens (including phenoxy) is 2. The molecule has 5 rings (SSSR count). The highest BCUT2D eigenvalue weighted by Gasteiger charge is 2.60. The predicted octanol–water partition coefficient (Wildman–Crippen LogP) is 8.11. The second-order valence-electron chi connectivity index (χ2n) is 14.9. The first-order valence-electron chi connectivity index (χ1n) is 16.1. The lowest BCUT2D eigenvalue weighted by Crippen LogP contribution is -2.54. The van der Waals surface area contributed by atoms with Crippen LogP contribution in [0.25, 0.3) is 0 Å². The average Bonchev–Trinajstić information content (AvgIpc) is 3.23. The molecule has 4 aliphatic carbocycles. The van der Waals surface area contributed by atoms with Gasteiger partial charge in [0.25, 0.3) is 0 Å². The van der Waals surface area contributed by atoms with Crippen molar-refractivity contribution in [2.24, 2.45) is 40.4 Å². The molecule has 0 saturated heterocycles. The summed E-state index contributed by atoms with van der Waals surface area (Å²) in [6, 6.07) is 10.0. The standard InChI is InChI=1S/C35H54O4/c1-33(2,37)19-9-8-12-26-14-16-30-29-15-13-27-22-28(17-20-35(27,4)31(29)18-21-34(26,30)3)39-32(36)24-38-23-25-10-6-5-7-11-25/h5-7,10-11,26-31,37H,8-9,12-24H2,1-4H3/t26-,27-,28-,29-,30-,31-,34+,35-/m0/s1. The Labute approximate surface area is 237 Å². The van der Waals surface area contributed by atoms with Gasteiger partial charge in [0.1, 0.15) is 12.7 Å². The molecule has 218 valence electrons. The van der Waals surface area contributed by atoms with E-state index < -0.39 is 5.60 Å². The smallest absolute Gasteiger partial charge is 0.332 e. The summed E-state index contributed by atoms with van der Waals surface area (Å²) >= 11 is 0. The van der Waals surface area contributed by atoms with E-state index in [1.807, 2.05) is 44.2 Å². The zero-order valence-electron chi connectivity index (χ0n) is 25.1. The van der Waals surface area contributed by atoms with Crippen molar-refractivity contribution < 1.29 is 19.4 Å². The number of hydrogen-bond acceptors (Lipinski definition) is 4. The van der Waals surface area contributed by atoms with Gasteiger partial charge in [-0.3, -0.25) is 0 Å². The topological polar surface area (TPSA) is 55.8 Å². The number of hydrogen-bond donors (Lipinski definition) is 1. The second kappa shape index (κ2) is 11.8. The molecule has 8 atom stereocenters. The van der Waals surface area contributed by atoms with Gasteiger partial charge in [-0.2, -0.15) is 0 Å². The molecule has 1 aromatic rings. The third-order valence-electron chi connectivity index (χ3n) is 12.0. The van der Waals surface area contributed by atoms with Gasteiger partial charge in [0.05, 0.1) is 12.2 Å². The van der Waals surface area contributed by atoms with Gasteiger partial charge in [-0.25, -0.2) is 4.79 Å². The molecule has 0 spiro atoms. The fraction of sp³-hybridized carbons (Fsp3) is 0.800. The highest BCUT2D eigenvalue weighted by molar-refractivity contribution is 5.70. The fourth-order valence-corrected chi connectivity index (χ4v) is 9.90. The molecule has 0 aliphatic heterocycles. The fourth-order valence-electron chi connectivity index (χ4n) is 9.90. The number of benzene rings is 1. The van der Waals surface area contributed by atoms with Crippen LogP contribution >= 0.6 is 0 Å². The number of carbonyl (C=O) groups excluding carboxylic acids is 1.